The summed E-state index contributed by atoms with van der Waals surface area (Å²) < 4.78 is 5.97. The quantitative estimate of drug-likeness (QED) is 0.607. The van der Waals surface area contributed by atoms with Crippen molar-refractivity contribution in [2.75, 3.05) is 17.7 Å². The summed E-state index contributed by atoms with van der Waals surface area (Å²) in [6.07, 6.45) is 0. The minimum Gasteiger partial charge on any atom is -0.497 e. The average Bonchev–Trinajstić information content (AvgIpc) is 2.68. The van der Waals surface area contributed by atoms with Crippen molar-refractivity contribution >= 4 is 39.1 Å². The highest BCUT2D eigenvalue weighted by Gasteiger charge is 2.14. The van der Waals surface area contributed by atoms with Crippen molar-refractivity contribution in [2.24, 2.45) is 0 Å². The number of ether oxygens (including phenoxy) is 1. The molecule has 3 aromatic carbocycles. The topological polar surface area (TPSA) is 67.4 Å². The Hall–Kier alpha value is -3.12. The summed E-state index contributed by atoms with van der Waals surface area (Å²) in [6, 6.07) is 21.0. The van der Waals surface area contributed by atoms with Gasteiger partial charge in [-0.2, -0.15) is 0 Å². The van der Waals surface area contributed by atoms with E-state index in [4.69, 9.17) is 4.74 Å². The summed E-state index contributed by atoms with van der Waals surface area (Å²) in [7, 11) is 1.56. The second kappa shape index (κ2) is 8.51. The molecule has 0 unspecified atom stereocenters. The first-order valence-electron chi connectivity index (χ1n) is 8.18. The molecule has 136 valence electrons. The van der Waals surface area contributed by atoms with Crippen LogP contribution in [0.2, 0.25) is 0 Å². The van der Waals surface area contributed by atoms with E-state index < -0.39 is 0 Å². The fourth-order valence-corrected chi connectivity index (χ4v) is 2.91. The minimum atomic E-state index is -0.326. The molecule has 0 saturated heterocycles. The molecule has 0 radical (unpaired) electrons. The van der Waals surface area contributed by atoms with Gasteiger partial charge in [0.15, 0.2) is 0 Å². The first-order valence-corrected chi connectivity index (χ1v) is 8.97. The van der Waals surface area contributed by atoms with Gasteiger partial charge in [-0.25, -0.2) is 0 Å². The second-order valence-electron chi connectivity index (χ2n) is 5.70. The Labute approximate surface area is 165 Å². The van der Waals surface area contributed by atoms with E-state index in [1.165, 1.54) is 0 Å². The number of anilines is 2. The van der Waals surface area contributed by atoms with Gasteiger partial charge in [0.25, 0.3) is 11.8 Å². The van der Waals surface area contributed by atoms with Gasteiger partial charge in [0, 0.05) is 21.8 Å². The van der Waals surface area contributed by atoms with Crippen LogP contribution in [-0.4, -0.2) is 18.9 Å². The highest BCUT2D eigenvalue weighted by atomic mass is 79.9. The van der Waals surface area contributed by atoms with Crippen LogP contribution in [0.5, 0.6) is 5.75 Å². The van der Waals surface area contributed by atoms with Crippen LogP contribution < -0.4 is 15.4 Å². The number of halogens is 1. The molecule has 0 atom stereocenters. The molecule has 0 saturated carbocycles. The van der Waals surface area contributed by atoms with Crippen LogP contribution in [0.4, 0.5) is 11.4 Å². The lowest BCUT2D eigenvalue weighted by Gasteiger charge is -2.12. The Bertz CT molecular complexity index is 988. The minimum absolute atomic E-state index is 0.294. The van der Waals surface area contributed by atoms with E-state index in [9.17, 15) is 9.59 Å². The summed E-state index contributed by atoms with van der Waals surface area (Å²) >= 11 is 3.35. The zero-order valence-electron chi connectivity index (χ0n) is 14.5. The molecular weight excluding hydrogens is 408 g/mol. The Morgan fingerprint density at radius 3 is 2.41 bits per heavy atom. The van der Waals surface area contributed by atoms with Crippen LogP contribution in [0, 0.1) is 0 Å². The summed E-state index contributed by atoms with van der Waals surface area (Å²) in [5.41, 5.74) is 1.89. The van der Waals surface area contributed by atoms with Crippen LogP contribution in [0.25, 0.3) is 0 Å². The molecule has 0 heterocycles. The smallest absolute Gasteiger partial charge is 0.257 e. The highest BCUT2D eigenvalue weighted by Crippen LogP contribution is 2.21. The average molecular weight is 425 g/mol. The molecule has 3 rings (SSSR count). The zero-order valence-corrected chi connectivity index (χ0v) is 16.1. The molecule has 6 heteroatoms. The predicted molar refractivity (Wildman–Crippen MR) is 109 cm³/mol. The SMILES string of the molecule is COc1cccc(NC(=O)c2ccccc2NC(=O)c2cccc(Br)c2)c1. The Morgan fingerprint density at radius 2 is 1.63 bits per heavy atom. The van der Waals surface area contributed by atoms with Gasteiger partial charge in [-0.05, 0) is 42.5 Å². The van der Waals surface area contributed by atoms with Gasteiger partial charge >= 0.3 is 0 Å². The van der Waals surface area contributed by atoms with Crippen molar-refractivity contribution in [3.63, 3.8) is 0 Å². The van der Waals surface area contributed by atoms with E-state index in [-0.39, 0.29) is 11.8 Å². The zero-order chi connectivity index (χ0) is 19.2. The predicted octanol–water partition coefficient (Wildman–Crippen LogP) is 4.96. The standard InChI is InChI=1S/C21H17BrN2O3/c1-27-17-9-5-8-16(13-17)23-21(26)18-10-2-3-11-19(18)24-20(25)14-6-4-7-15(22)12-14/h2-13H,1H3,(H,23,26)(H,24,25). The van der Waals surface area contributed by atoms with E-state index >= 15 is 0 Å². The third-order valence-electron chi connectivity index (χ3n) is 3.83. The van der Waals surface area contributed by atoms with Crippen LogP contribution in [0.15, 0.2) is 77.3 Å². The number of rotatable bonds is 5. The lowest BCUT2D eigenvalue weighted by atomic mass is 10.1. The van der Waals surface area contributed by atoms with E-state index in [0.717, 1.165) is 4.47 Å². The van der Waals surface area contributed by atoms with Gasteiger partial charge in [-0.15, -0.1) is 0 Å². The fraction of sp³-hybridized carbons (Fsp3) is 0.0476. The molecule has 27 heavy (non-hydrogen) atoms. The largest absolute Gasteiger partial charge is 0.497 e. The number of hydrogen-bond acceptors (Lipinski definition) is 3. The lowest BCUT2D eigenvalue weighted by Crippen LogP contribution is -2.18. The van der Waals surface area contributed by atoms with Crippen molar-refractivity contribution in [3.05, 3.63) is 88.4 Å². The molecule has 2 N–H and O–H groups in total. The van der Waals surface area contributed by atoms with Gasteiger partial charge in [0.05, 0.1) is 18.4 Å². The molecule has 5 nitrogen and oxygen atoms in total. The highest BCUT2D eigenvalue weighted by molar-refractivity contribution is 9.10. The molecule has 0 aromatic heterocycles. The van der Waals surface area contributed by atoms with E-state index in [1.807, 2.05) is 6.07 Å². The summed E-state index contributed by atoms with van der Waals surface area (Å²) in [6.45, 7) is 0. The number of benzene rings is 3. The third-order valence-corrected chi connectivity index (χ3v) is 4.33. The number of nitrogens with one attached hydrogen (secondary N) is 2. The van der Waals surface area contributed by atoms with E-state index in [1.54, 1.807) is 73.8 Å². The molecule has 0 fully saturated rings. The first kappa shape index (κ1) is 18.7. The number of hydrogen-bond donors (Lipinski definition) is 2. The monoisotopic (exact) mass is 424 g/mol. The normalized spacial score (nSPS) is 10.1. The Balaban J connectivity index is 1.80. The molecule has 2 amide bonds. The summed E-state index contributed by atoms with van der Waals surface area (Å²) in [5, 5.41) is 5.62. The number of carbonyl (C=O) groups is 2. The Kier molecular flexibility index (Phi) is 5.88. The van der Waals surface area contributed by atoms with Crippen molar-refractivity contribution in [3.8, 4) is 5.75 Å². The maximum Gasteiger partial charge on any atom is 0.257 e. The fourth-order valence-electron chi connectivity index (χ4n) is 2.51. The third kappa shape index (κ3) is 4.74. The van der Waals surface area contributed by atoms with Crippen LogP contribution in [0.3, 0.4) is 0 Å². The molecular formula is C21H17BrN2O3. The van der Waals surface area contributed by atoms with Gasteiger partial charge in [0.1, 0.15) is 5.75 Å². The van der Waals surface area contributed by atoms with Crippen LogP contribution in [-0.2, 0) is 0 Å². The molecule has 0 aliphatic rings. The Morgan fingerprint density at radius 1 is 0.852 bits per heavy atom. The van der Waals surface area contributed by atoms with E-state index in [0.29, 0.717) is 28.3 Å². The number of methoxy groups -OCH3 is 1. The number of para-hydroxylation sites is 1. The number of amides is 2. The number of carbonyl (C=O) groups excluding carboxylic acids is 2. The molecule has 0 spiro atoms. The van der Waals surface area contributed by atoms with Gasteiger partial charge in [-0.3, -0.25) is 9.59 Å². The second-order valence-corrected chi connectivity index (χ2v) is 6.61. The maximum absolute atomic E-state index is 12.7. The van der Waals surface area contributed by atoms with Crippen molar-refractivity contribution < 1.29 is 14.3 Å². The van der Waals surface area contributed by atoms with Crippen LogP contribution >= 0.6 is 15.9 Å². The van der Waals surface area contributed by atoms with Crippen molar-refractivity contribution in [2.45, 2.75) is 0 Å². The molecule has 3 aromatic rings. The molecule has 0 aliphatic heterocycles. The van der Waals surface area contributed by atoms with E-state index in [2.05, 4.69) is 26.6 Å². The van der Waals surface area contributed by atoms with Gasteiger partial charge in [0.2, 0.25) is 0 Å². The van der Waals surface area contributed by atoms with Gasteiger partial charge < -0.3 is 15.4 Å². The molecule has 0 aliphatic carbocycles. The first-order chi connectivity index (χ1) is 13.1. The van der Waals surface area contributed by atoms with Crippen molar-refractivity contribution in [1.29, 1.82) is 0 Å². The van der Waals surface area contributed by atoms with Crippen LogP contribution in [0.1, 0.15) is 20.7 Å². The lowest BCUT2D eigenvalue weighted by molar-refractivity contribution is 0.102. The summed E-state index contributed by atoms with van der Waals surface area (Å²) in [5.74, 6) is 0.0235. The summed E-state index contributed by atoms with van der Waals surface area (Å²) in [4.78, 5) is 25.2. The molecule has 0 bridgehead atoms. The maximum atomic E-state index is 12.7. The van der Waals surface area contributed by atoms with Gasteiger partial charge in [-0.1, -0.05) is 40.2 Å². The van der Waals surface area contributed by atoms with Crippen molar-refractivity contribution in [1.82, 2.24) is 0 Å².